The lowest BCUT2D eigenvalue weighted by molar-refractivity contribution is -0.391. The third kappa shape index (κ3) is 2.40. The average molecular weight is 343 g/mol. The van der Waals surface area contributed by atoms with Gasteiger partial charge in [0, 0.05) is 28.7 Å². The molecular weight excluding hydrogens is 339 g/mol. The van der Waals surface area contributed by atoms with E-state index in [2.05, 4.69) is 4.98 Å². The summed E-state index contributed by atoms with van der Waals surface area (Å²) in [6.07, 6.45) is -3.19. The van der Waals surface area contributed by atoms with E-state index in [-0.39, 0.29) is 3.70 Å². The second-order valence-corrected chi connectivity index (χ2v) is 3.76. The molecule has 0 saturated heterocycles. The van der Waals surface area contributed by atoms with E-state index in [1.807, 2.05) is 0 Å². The van der Waals surface area contributed by atoms with Crippen LogP contribution in [0.1, 0.15) is 22.3 Å². The Morgan fingerprint density at radius 3 is 2.56 bits per heavy atom. The zero-order valence-electron chi connectivity index (χ0n) is 7.49. The molecule has 1 heterocycles. The van der Waals surface area contributed by atoms with Crippen molar-refractivity contribution in [1.82, 2.24) is 4.98 Å². The summed E-state index contributed by atoms with van der Waals surface area (Å²) in [6.45, 7) is 0. The summed E-state index contributed by atoms with van der Waals surface area (Å²) in [6, 6.07) is 0.984. The van der Waals surface area contributed by atoms with Crippen molar-refractivity contribution in [2.45, 2.75) is 6.43 Å². The van der Waals surface area contributed by atoms with Gasteiger partial charge in [-0.1, -0.05) is 0 Å². The second kappa shape index (κ2) is 4.63. The number of primary amides is 1. The minimum absolute atomic E-state index is 0.0440. The molecule has 9 heteroatoms. The van der Waals surface area contributed by atoms with E-state index in [0.717, 1.165) is 6.07 Å². The normalized spacial score (nSPS) is 10.5. The van der Waals surface area contributed by atoms with Gasteiger partial charge in [-0.3, -0.25) is 4.79 Å². The first kappa shape index (κ1) is 12.7. The zero-order chi connectivity index (χ0) is 12.5. The highest BCUT2D eigenvalue weighted by molar-refractivity contribution is 14.1. The number of nitro groups is 1. The standard InChI is InChI=1S/C7H4F2IN3O3/c8-5(9)4-2(6(11)14)1-3(10)12-7(4)13(15)16/h1,5H,(H2,11,14). The average Bonchev–Trinajstić information content (AvgIpc) is 2.15. The first-order chi connectivity index (χ1) is 7.34. The van der Waals surface area contributed by atoms with Crippen LogP contribution in [0.3, 0.4) is 0 Å². The fraction of sp³-hybridized carbons (Fsp3) is 0.143. The van der Waals surface area contributed by atoms with Gasteiger partial charge in [0.25, 0.3) is 6.43 Å². The number of halogens is 3. The lowest BCUT2D eigenvalue weighted by atomic mass is 10.1. The van der Waals surface area contributed by atoms with Crippen LogP contribution in [0.2, 0.25) is 0 Å². The van der Waals surface area contributed by atoms with Crippen LogP contribution in [0.15, 0.2) is 6.07 Å². The van der Waals surface area contributed by atoms with Crippen LogP contribution < -0.4 is 5.73 Å². The molecule has 1 amide bonds. The molecule has 0 spiro atoms. The van der Waals surface area contributed by atoms with Crippen LogP contribution in [0.4, 0.5) is 14.6 Å². The molecular formula is C7H4F2IN3O3. The van der Waals surface area contributed by atoms with Crippen LogP contribution in [-0.4, -0.2) is 15.8 Å². The smallest absolute Gasteiger partial charge is 0.366 e. The highest BCUT2D eigenvalue weighted by Gasteiger charge is 2.30. The summed E-state index contributed by atoms with van der Waals surface area (Å²) < 4.78 is 25.2. The number of alkyl halides is 2. The third-order valence-corrected chi connectivity index (χ3v) is 2.22. The molecule has 6 nitrogen and oxygen atoms in total. The fourth-order valence-corrected chi connectivity index (χ4v) is 1.61. The first-order valence-corrected chi connectivity index (χ1v) is 4.85. The topological polar surface area (TPSA) is 99.1 Å². The lowest BCUT2D eigenvalue weighted by Crippen LogP contribution is -2.16. The Hall–Kier alpha value is -1.39. The number of hydrogen-bond acceptors (Lipinski definition) is 4. The maximum Gasteiger partial charge on any atom is 0.374 e. The van der Waals surface area contributed by atoms with E-state index in [4.69, 9.17) is 5.73 Å². The van der Waals surface area contributed by atoms with Crippen LogP contribution >= 0.6 is 22.6 Å². The summed E-state index contributed by atoms with van der Waals surface area (Å²) in [5.41, 5.74) is 3.24. The highest BCUT2D eigenvalue weighted by atomic mass is 127. The molecule has 2 N–H and O–H groups in total. The molecule has 0 radical (unpaired) electrons. The number of pyridine rings is 1. The van der Waals surface area contributed by atoms with Crippen molar-refractivity contribution >= 4 is 34.3 Å². The van der Waals surface area contributed by atoms with E-state index in [0.29, 0.717) is 0 Å². The number of carbonyl (C=O) groups excluding carboxylic acids is 1. The van der Waals surface area contributed by atoms with E-state index >= 15 is 0 Å². The number of nitrogens with two attached hydrogens (primary N) is 1. The number of aromatic nitrogens is 1. The number of amides is 1. The molecule has 0 aromatic carbocycles. The van der Waals surface area contributed by atoms with Gasteiger partial charge < -0.3 is 15.8 Å². The van der Waals surface area contributed by atoms with Crippen molar-refractivity contribution in [2.75, 3.05) is 0 Å². The summed E-state index contributed by atoms with van der Waals surface area (Å²) >= 11 is 1.57. The molecule has 0 fully saturated rings. The predicted molar refractivity (Wildman–Crippen MR) is 57.1 cm³/mol. The Labute approximate surface area is 101 Å². The van der Waals surface area contributed by atoms with Gasteiger partial charge in [0.2, 0.25) is 9.61 Å². The van der Waals surface area contributed by atoms with Crippen LogP contribution in [-0.2, 0) is 0 Å². The van der Waals surface area contributed by atoms with Gasteiger partial charge in [-0.2, -0.15) is 0 Å². The zero-order valence-corrected chi connectivity index (χ0v) is 9.64. The summed E-state index contributed by atoms with van der Waals surface area (Å²) in [4.78, 5) is 23.7. The van der Waals surface area contributed by atoms with Crippen LogP contribution in [0.25, 0.3) is 0 Å². The molecule has 0 unspecified atom stereocenters. The highest BCUT2D eigenvalue weighted by Crippen LogP contribution is 2.31. The Balaban J connectivity index is 3.60. The van der Waals surface area contributed by atoms with Crippen molar-refractivity contribution in [3.63, 3.8) is 0 Å². The second-order valence-electron chi connectivity index (χ2n) is 2.65. The largest absolute Gasteiger partial charge is 0.374 e. The van der Waals surface area contributed by atoms with E-state index in [1.54, 1.807) is 22.6 Å². The van der Waals surface area contributed by atoms with E-state index < -0.39 is 34.2 Å². The molecule has 16 heavy (non-hydrogen) atoms. The molecule has 1 aromatic heterocycles. The molecule has 0 aliphatic carbocycles. The third-order valence-electron chi connectivity index (χ3n) is 1.66. The number of rotatable bonds is 3. The molecule has 0 saturated carbocycles. The van der Waals surface area contributed by atoms with Gasteiger partial charge in [-0.15, -0.1) is 0 Å². The maximum absolute atomic E-state index is 12.6. The minimum atomic E-state index is -3.19. The Kier molecular flexibility index (Phi) is 3.67. The quantitative estimate of drug-likeness (QED) is 0.390. The molecule has 86 valence electrons. The number of carbonyl (C=O) groups is 1. The van der Waals surface area contributed by atoms with Gasteiger partial charge in [0.05, 0.1) is 5.56 Å². The number of nitrogens with zero attached hydrogens (tertiary/aromatic N) is 2. The molecule has 0 atom stereocenters. The monoisotopic (exact) mass is 343 g/mol. The van der Waals surface area contributed by atoms with Gasteiger partial charge in [-0.05, 0) is 9.91 Å². The van der Waals surface area contributed by atoms with Crippen LogP contribution in [0, 0.1) is 13.8 Å². The summed E-state index contributed by atoms with van der Waals surface area (Å²) in [5, 5.41) is 10.5. The van der Waals surface area contributed by atoms with Crippen molar-refractivity contribution in [1.29, 1.82) is 0 Å². The molecule has 0 bridgehead atoms. The van der Waals surface area contributed by atoms with E-state index in [1.165, 1.54) is 0 Å². The van der Waals surface area contributed by atoms with Crippen molar-refractivity contribution in [3.05, 3.63) is 31.0 Å². The van der Waals surface area contributed by atoms with Crippen molar-refractivity contribution < 1.29 is 18.5 Å². The summed E-state index contributed by atoms with van der Waals surface area (Å²) in [7, 11) is 0. The first-order valence-electron chi connectivity index (χ1n) is 3.77. The minimum Gasteiger partial charge on any atom is -0.366 e. The van der Waals surface area contributed by atoms with Crippen molar-refractivity contribution in [3.8, 4) is 0 Å². The molecule has 0 aliphatic rings. The van der Waals surface area contributed by atoms with E-state index in [9.17, 15) is 23.7 Å². The molecule has 1 rings (SSSR count). The Bertz CT molecular complexity index is 431. The Morgan fingerprint density at radius 1 is 1.62 bits per heavy atom. The number of hydrogen-bond donors (Lipinski definition) is 1. The fourth-order valence-electron chi connectivity index (χ4n) is 1.07. The van der Waals surface area contributed by atoms with Crippen LogP contribution in [0.5, 0.6) is 0 Å². The molecule has 1 aromatic rings. The molecule has 0 aliphatic heterocycles. The summed E-state index contributed by atoms with van der Waals surface area (Å²) in [5.74, 6) is -2.20. The van der Waals surface area contributed by atoms with Gasteiger partial charge >= 0.3 is 5.82 Å². The maximum atomic E-state index is 12.6. The van der Waals surface area contributed by atoms with Gasteiger partial charge in [0.1, 0.15) is 5.56 Å². The van der Waals surface area contributed by atoms with Gasteiger partial charge in [-0.25, -0.2) is 8.78 Å². The Morgan fingerprint density at radius 2 is 2.19 bits per heavy atom. The van der Waals surface area contributed by atoms with Gasteiger partial charge in [0.15, 0.2) is 0 Å². The predicted octanol–water partition coefficient (Wildman–Crippen LogP) is 1.63. The lowest BCUT2D eigenvalue weighted by Gasteiger charge is -2.05. The SMILES string of the molecule is NC(=O)c1cc(I)nc([N+](=O)[O-])c1C(F)F. The van der Waals surface area contributed by atoms with Crippen molar-refractivity contribution in [2.24, 2.45) is 5.73 Å².